The van der Waals surface area contributed by atoms with Crippen LogP contribution >= 0.6 is 15.9 Å². The molecule has 15 heavy (non-hydrogen) atoms. The Bertz CT molecular complexity index is 440. The molecule has 4 nitrogen and oxygen atoms in total. The van der Waals surface area contributed by atoms with E-state index in [9.17, 15) is 4.79 Å². The van der Waals surface area contributed by atoms with E-state index in [0.717, 1.165) is 10.2 Å². The van der Waals surface area contributed by atoms with E-state index < -0.39 is 5.91 Å². The lowest BCUT2D eigenvalue weighted by molar-refractivity contribution is -0.0939. The Morgan fingerprint density at radius 2 is 2.07 bits per heavy atom. The maximum absolute atomic E-state index is 12.1. The molecule has 0 aromatic heterocycles. The monoisotopic (exact) mass is 269 g/mol. The molecule has 0 unspecified atom stereocenters. The van der Waals surface area contributed by atoms with Crippen molar-refractivity contribution >= 4 is 27.4 Å². The predicted octanol–water partition coefficient (Wildman–Crippen LogP) is 1.76. The van der Waals surface area contributed by atoms with E-state index in [4.69, 9.17) is 9.47 Å². The summed E-state index contributed by atoms with van der Waals surface area (Å²) in [7, 11) is 0. The van der Waals surface area contributed by atoms with Crippen LogP contribution in [-0.4, -0.2) is 24.9 Å². The van der Waals surface area contributed by atoms with Gasteiger partial charge in [0.05, 0.1) is 24.5 Å². The van der Waals surface area contributed by atoms with Gasteiger partial charge in [-0.2, -0.15) is 0 Å². The van der Waals surface area contributed by atoms with Crippen LogP contribution in [0.5, 0.6) is 0 Å². The first-order chi connectivity index (χ1) is 7.23. The Labute approximate surface area is 94.7 Å². The molecule has 3 rings (SSSR count). The van der Waals surface area contributed by atoms with Gasteiger partial charge in [0, 0.05) is 4.47 Å². The van der Waals surface area contributed by atoms with Gasteiger partial charge < -0.3 is 14.8 Å². The van der Waals surface area contributed by atoms with Crippen molar-refractivity contribution in [3.63, 3.8) is 0 Å². The molecule has 0 amide bonds. The number of ether oxygens (including phenoxy) is 2. The third-order valence-corrected chi connectivity index (χ3v) is 3.19. The number of ketones is 1. The smallest absolute Gasteiger partial charge is 0.317 e. The maximum Gasteiger partial charge on any atom is 0.317 e. The first-order valence-corrected chi connectivity index (χ1v) is 5.42. The number of halogens is 1. The molecule has 0 radical (unpaired) electrons. The highest BCUT2D eigenvalue weighted by Gasteiger charge is 2.51. The number of hydrogen-bond donors (Lipinski definition) is 1. The van der Waals surface area contributed by atoms with Crippen molar-refractivity contribution in [2.45, 2.75) is 5.91 Å². The van der Waals surface area contributed by atoms with Crippen LogP contribution in [0.1, 0.15) is 10.4 Å². The second kappa shape index (κ2) is 3.04. The molecule has 2 aliphatic rings. The lowest BCUT2D eigenvalue weighted by Crippen LogP contribution is -2.42. The molecule has 1 fully saturated rings. The Balaban J connectivity index is 2.13. The second-order valence-corrected chi connectivity index (χ2v) is 4.28. The normalized spacial score (nSPS) is 21.8. The summed E-state index contributed by atoms with van der Waals surface area (Å²) in [5.74, 6) is -1.44. The van der Waals surface area contributed by atoms with Crippen LogP contribution in [0.3, 0.4) is 0 Å². The second-order valence-electron chi connectivity index (χ2n) is 3.43. The molecule has 78 valence electrons. The standard InChI is InChI=1S/C10H8BrNO3/c11-6-2-1-3-7-8(6)9(13)10(12-7)14-4-5-15-10/h1-3,12H,4-5H2. The van der Waals surface area contributed by atoms with Crippen molar-refractivity contribution < 1.29 is 14.3 Å². The Kier molecular flexibility index (Phi) is 1.89. The number of hydrogen-bond acceptors (Lipinski definition) is 4. The number of Topliss-reactive ketones (excluding diaryl/α,β-unsaturated/α-hetero) is 1. The molecule has 0 bridgehead atoms. The van der Waals surface area contributed by atoms with Crippen LogP contribution in [-0.2, 0) is 9.47 Å². The lowest BCUT2D eigenvalue weighted by Gasteiger charge is -2.19. The zero-order valence-electron chi connectivity index (χ0n) is 7.75. The molecule has 2 aliphatic heterocycles. The molecule has 0 saturated carbocycles. The minimum atomic E-state index is -1.27. The van der Waals surface area contributed by atoms with E-state index in [0.29, 0.717) is 18.8 Å². The van der Waals surface area contributed by atoms with Gasteiger partial charge in [-0.25, -0.2) is 0 Å². The van der Waals surface area contributed by atoms with Gasteiger partial charge in [0.25, 0.3) is 0 Å². The Morgan fingerprint density at radius 1 is 1.33 bits per heavy atom. The molecule has 1 aromatic carbocycles. The minimum Gasteiger partial charge on any atom is -0.327 e. The van der Waals surface area contributed by atoms with E-state index in [1.165, 1.54) is 0 Å². The molecule has 1 saturated heterocycles. The molecule has 1 N–H and O–H groups in total. The summed E-state index contributed by atoms with van der Waals surface area (Å²) in [5, 5.41) is 2.98. The van der Waals surface area contributed by atoms with Gasteiger partial charge >= 0.3 is 5.91 Å². The number of benzene rings is 1. The van der Waals surface area contributed by atoms with Gasteiger partial charge in [0.15, 0.2) is 0 Å². The largest absolute Gasteiger partial charge is 0.327 e. The zero-order chi connectivity index (χ0) is 10.5. The number of fused-ring (bicyclic) bond motifs is 1. The van der Waals surface area contributed by atoms with Gasteiger partial charge in [0.2, 0.25) is 5.78 Å². The maximum atomic E-state index is 12.1. The predicted molar refractivity (Wildman–Crippen MR) is 56.7 cm³/mol. The summed E-state index contributed by atoms with van der Waals surface area (Å²) in [4.78, 5) is 12.1. The fraction of sp³-hybridized carbons (Fsp3) is 0.300. The van der Waals surface area contributed by atoms with Crippen LogP contribution in [0.2, 0.25) is 0 Å². The van der Waals surface area contributed by atoms with Crippen molar-refractivity contribution in [3.05, 3.63) is 28.2 Å². The highest BCUT2D eigenvalue weighted by atomic mass is 79.9. The van der Waals surface area contributed by atoms with Crippen molar-refractivity contribution in [1.29, 1.82) is 0 Å². The van der Waals surface area contributed by atoms with Crippen LogP contribution < -0.4 is 5.32 Å². The third-order valence-electron chi connectivity index (χ3n) is 2.53. The molecular formula is C10H8BrNO3. The quantitative estimate of drug-likeness (QED) is 0.780. The van der Waals surface area contributed by atoms with Crippen molar-refractivity contribution in [1.82, 2.24) is 0 Å². The van der Waals surface area contributed by atoms with Gasteiger partial charge in [-0.15, -0.1) is 0 Å². The number of carbonyl (C=O) groups is 1. The first kappa shape index (κ1) is 9.33. The zero-order valence-corrected chi connectivity index (χ0v) is 9.33. The molecule has 5 heteroatoms. The fourth-order valence-corrected chi connectivity index (χ4v) is 2.42. The van der Waals surface area contributed by atoms with E-state index in [1.807, 2.05) is 18.2 Å². The van der Waals surface area contributed by atoms with E-state index in [2.05, 4.69) is 21.2 Å². The van der Waals surface area contributed by atoms with E-state index in [1.54, 1.807) is 0 Å². The average Bonchev–Trinajstić information content (AvgIpc) is 2.76. The summed E-state index contributed by atoms with van der Waals surface area (Å²) in [6, 6.07) is 5.52. The number of rotatable bonds is 0. The van der Waals surface area contributed by atoms with E-state index >= 15 is 0 Å². The van der Waals surface area contributed by atoms with E-state index in [-0.39, 0.29) is 5.78 Å². The van der Waals surface area contributed by atoms with Crippen molar-refractivity contribution in [2.24, 2.45) is 0 Å². The van der Waals surface area contributed by atoms with Gasteiger partial charge in [0.1, 0.15) is 0 Å². The summed E-state index contributed by atoms with van der Waals surface area (Å²) >= 11 is 3.35. The molecule has 0 aliphatic carbocycles. The average molecular weight is 270 g/mol. The molecular weight excluding hydrogens is 262 g/mol. The van der Waals surface area contributed by atoms with Gasteiger partial charge in [-0.3, -0.25) is 4.79 Å². The molecule has 2 heterocycles. The van der Waals surface area contributed by atoms with Gasteiger partial charge in [-0.1, -0.05) is 6.07 Å². The fourth-order valence-electron chi connectivity index (χ4n) is 1.87. The minimum absolute atomic E-state index is 0.164. The highest BCUT2D eigenvalue weighted by molar-refractivity contribution is 9.10. The number of nitrogens with one attached hydrogen (secondary N) is 1. The Morgan fingerprint density at radius 3 is 2.73 bits per heavy atom. The highest BCUT2D eigenvalue weighted by Crippen LogP contribution is 2.39. The summed E-state index contributed by atoms with van der Waals surface area (Å²) in [6.07, 6.45) is 0. The molecule has 1 aromatic rings. The number of anilines is 1. The Hall–Kier alpha value is -0.910. The third kappa shape index (κ3) is 1.17. The van der Waals surface area contributed by atoms with Crippen LogP contribution in [0.4, 0.5) is 5.69 Å². The van der Waals surface area contributed by atoms with Crippen molar-refractivity contribution in [3.8, 4) is 0 Å². The van der Waals surface area contributed by atoms with Crippen LogP contribution in [0.15, 0.2) is 22.7 Å². The summed E-state index contributed by atoms with van der Waals surface area (Å²) in [6.45, 7) is 0.870. The summed E-state index contributed by atoms with van der Waals surface area (Å²) < 4.78 is 11.5. The number of carbonyl (C=O) groups excluding carboxylic acids is 1. The van der Waals surface area contributed by atoms with Crippen LogP contribution in [0, 0.1) is 0 Å². The lowest BCUT2D eigenvalue weighted by atomic mass is 10.1. The topological polar surface area (TPSA) is 47.6 Å². The summed E-state index contributed by atoms with van der Waals surface area (Å²) in [5.41, 5.74) is 1.34. The SMILES string of the molecule is O=C1c2c(Br)cccc2NC12OCCO2. The van der Waals surface area contributed by atoms with Crippen molar-refractivity contribution in [2.75, 3.05) is 18.5 Å². The molecule has 0 atom stereocenters. The van der Waals surface area contributed by atoms with Crippen LogP contribution in [0.25, 0.3) is 0 Å². The first-order valence-electron chi connectivity index (χ1n) is 4.62. The molecule has 1 spiro atoms. The van der Waals surface area contributed by atoms with Gasteiger partial charge in [-0.05, 0) is 28.1 Å².